The molecule has 174 valence electrons. The third-order valence-electron chi connectivity index (χ3n) is 5.63. The van der Waals surface area contributed by atoms with Crippen molar-refractivity contribution in [3.05, 3.63) is 90.5 Å². The Morgan fingerprint density at radius 2 is 1.76 bits per heavy atom. The fourth-order valence-corrected chi connectivity index (χ4v) is 4.07. The number of aromatic nitrogens is 3. The average molecular weight is 456 g/mol. The summed E-state index contributed by atoms with van der Waals surface area (Å²) in [6, 6.07) is 21.1. The van der Waals surface area contributed by atoms with Gasteiger partial charge in [0.05, 0.1) is 16.6 Å². The number of amides is 2. The van der Waals surface area contributed by atoms with E-state index in [0.717, 1.165) is 22.5 Å². The Balaban J connectivity index is 1.49. The van der Waals surface area contributed by atoms with Crippen LogP contribution in [-0.2, 0) is 17.8 Å². The lowest BCUT2D eigenvalue weighted by atomic mass is 10.2. The molecule has 2 aromatic heterocycles. The van der Waals surface area contributed by atoms with Crippen LogP contribution in [0.4, 0.5) is 5.69 Å². The van der Waals surface area contributed by atoms with Crippen LogP contribution in [0, 0.1) is 0 Å². The first-order chi connectivity index (χ1) is 16.5. The van der Waals surface area contributed by atoms with Crippen LogP contribution in [0.2, 0.25) is 0 Å². The predicted molar refractivity (Wildman–Crippen MR) is 134 cm³/mol. The van der Waals surface area contributed by atoms with Gasteiger partial charge in [-0.1, -0.05) is 30.3 Å². The molecule has 0 unspecified atom stereocenters. The van der Waals surface area contributed by atoms with Gasteiger partial charge in [0.25, 0.3) is 5.91 Å². The summed E-state index contributed by atoms with van der Waals surface area (Å²) in [7, 11) is 0. The minimum Gasteiger partial charge on any atom is -0.352 e. The highest BCUT2D eigenvalue weighted by Crippen LogP contribution is 2.21. The number of hydrogen-bond acceptors (Lipinski definition) is 4. The van der Waals surface area contributed by atoms with Gasteiger partial charge in [-0.25, -0.2) is 4.98 Å². The van der Waals surface area contributed by atoms with Gasteiger partial charge in [0.1, 0.15) is 12.4 Å². The molecule has 2 aromatic carbocycles. The van der Waals surface area contributed by atoms with Crippen molar-refractivity contribution in [2.75, 3.05) is 11.4 Å². The Hall–Kier alpha value is -4.00. The van der Waals surface area contributed by atoms with Gasteiger partial charge in [-0.3, -0.25) is 14.6 Å². The van der Waals surface area contributed by atoms with E-state index in [1.807, 2.05) is 77.9 Å². The van der Waals surface area contributed by atoms with Crippen LogP contribution in [0.15, 0.2) is 79.1 Å². The van der Waals surface area contributed by atoms with E-state index in [2.05, 4.69) is 10.3 Å². The molecule has 0 saturated heterocycles. The molecule has 4 aromatic rings. The number of rotatable bonds is 9. The summed E-state index contributed by atoms with van der Waals surface area (Å²) in [5, 5.41) is 2.93. The maximum Gasteiger partial charge on any atom is 0.252 e. The molecule has 0 aliphatic heterocycles. The minimum atomic E-state index is -0.146. The monoisotopic (exact) mass is 455 g/mol. The number of nitrogens with zero attached hydrogens (tertiary/aromatic N) is 4. The number of anilines is 1. The highest BCUT2D eigenvalue weighted by Gasteiger charge is 2.21. The second-order valence-electron chi connectivity index (χ2n) is 8.40. The van der Waals surface area contributed by atoms with Crippen molar-refractivity contribution in [1.82, 2.24) is 19.9 Å². The van der Waals surface area contributed by atoms with Crippen LogP contribution in [0.1, 0.15) is 36.5 Å². The van der Waals surface area contributed by atoms with Gasteiger partial charge >= 0.3 is 0 Å². The Labute approximate surface area is 199 Å². The Morgan fingerprint density at radius 3 is 2.50 bits per heavy atom. The lowest BCUT2D eigenvalue weighted by Gasteiger charge is -2.27. The molecule has 1 N–H and O–H groups in total. The van der Waals surface area contributed by atoms with E-state index in [4.69, 9.17) is 4.98 Å². The molecule has 2 amide bonds. The van der Waals surface area contributed by atoms with Gasteiger partial charge in [0, 0.05) is 37.1 Å². The minimum absolute atomic E-state index is 0.00971. The van der Waals surface area contributed by atoms with Crippen molar-refractivity contribution in [1.29, 1.82) is 0 Å². The molecule has 0 spiro atoms. The normalized spacial score (nSPS) is 11.0. The zero-order valence-corrected chi connectivity index (χ0v) is 19.5. The first kappa shape index (κ1) is 23.2. The van der Waals surface area contributed by atoms with Crippen molar-refractivity contribution < 1.29 is 9.59 Å². The van der Waals surface area contributed by atoms with Gasteiger partial charge in [-0.05, 0) is 56.7 Å². The van der Waals surface area contributed by atoms with Crippen molar-refractivity contribution in [3.63, 3.8) is 0 Å². The van der Waals surface area contributed by atoms with Gasteiger partial charge in [-0.15, -0.1) is 0 Å². The van der Waals surface area contributed by atoms with E-state index in [9.17, 15) is 9.59 Å². The molecule has 0 aliphatic rings. The number of pyridine rings is 1. The number of carbonyl (C=O) groups is 2. The van der Waals surface area contributed by atoms with Crippen molar-refractivity contribution in [2.24, 2.45) is 0 Å². The predicted octanol–water partition coefficient (Wildman–Crippen LogP) is 4.24. The highest BCUT2D eigenvalue weighted by molar-refractivity contribution is 5.95. The molecule has 34 heavy (non-hydrogen) atoms. The smallest absolute Gasteiger partial charge is 0.252 e. The Morgan fingerprint density at radius 1 is 1.00 bits per heavy atom. The summed E-state index contributed by atoms with van der Waals surface area (Å²) in [4.78, 5) is 36.3. The summed E-state index contributed by atoms with van der Waals surface area (Å²) in [5.41, 5.74) is 3.21. The average Bonchev–Trinajstić information content (AvgIpc) is 3.20. The van der Waals surface area contributed by atoms with Crippen molar-refractivity contribution in [2.45, 2.75) is 39.3 Å². The SMILES string of the molecule is CC(C)N(C(=O)Cn1c(CCCNC(=O)c2cccnc2)nc2ccccc21)c1ccccc1. The summed E-state index contributed by atoms with van der Waals surface area (Å²) >= 11 is 0. The topological polar surface area (TPSA) is 80.1 Å². The van der Waals surface area contributed by atoms with Crippen LogP contribution >= 0.6 is 0 Å². The quantitative estimate of drug-likeness (QED) is 0.383. The van der Waals surface area contributed by atoms with Crippen LogP contribution in [0.3, 0.4) is 0 Å². The fourth-order valence-electron chi connectivity index (χ4n) is 4.07. The molecule has 2 heterocycles. The first-order valence-electron chi connectivity index (χ1n) is 11.5. The third kappa shape index (κ3) is 5.31. The second-order valence-corrected chi connectivity index (χ2v) is 8.40. The number of para-hydroxylation sites is 3. The number of aryl methyl sites for hydroxylation is 1. The van der Waals surface area contributed by atoms with E-state index >= 15 is 0 Å². The van der Waals surface area contributed by atoms with Crippen LogP contribution in [-0.4, -0.2) is 38.9 Å². The molecule has 0 atom stereocenters. The molecule has 4 rings (SSSR count). The Bertz CT molecular complexity index is 1250. The molecule has 0 saturated carbocycles. The largest absolute Gasteiger partial charge is 0.352 e. The second kappa shape index (κ2) is 10.7. The summed E-state index contributed by atoms with van der Waals surface area (Å²) < 4.78 is 2.00. The van der Waals surface area contributed by atoms with Gasteiger partial charge < -0.3 is 14.8 Å². The van der Waals surface area contributed by atoms with Crippen LogP contribution in [0.25, 0.3) is 11.0 Å². The van der Waals surface area contributed by atoms with E-state index in [-0.39, 0.29) is 24.4 Å². The van der Waals surface area contributed by atoms with Crippen LogP contribution in [0.5, 0.6) is 0 Å². The fraction of sp³-hybridized carbons (Fsp3) is 0.259. The maximum atomic E-state index is 13.4. The van der Waals surface area contributed by atoms with E-state index in [1.54, 1.807) is 24.5 Å². The number of nitrogens with one attached hydrogen (secondary N) is 1. The number of benzene rings is 2. The zero-order valence-electron chi connectivity index (χ0n) is 19.5. The molecule has 7 nitrogen and oxygen atoms in total. The molecule has 0 radical (unpaired) electrons. The summed E-state index contributed by atoms with van der Waals surface area (Å²) in [6.45, 7) is 4.74. The van der Waals surface area contributed by atoms with E-state index in [1.165, 1.54) is 0 Å². The standard InChI is InChI=1S/C27H29N5O2/c1-20(2)32(22-11-4-3-5-12-22)26(33)19-31-24-14-7-6-13-23(24)30-25(31)15-9-17-29-27(34)21-10-8-16-28-18-21/h3-8,10-14,16,18,20H,9,15,17,19H2,1-2H3,(H,29,34). The van der Waals surface area contributed by atoms with Gasteiger partial charge in [0.15, 0.2) is 0 Å². The lowest BCUT2D eigenvalue weighted by Crippen LogP contribution is -2.39. The molecule has 7 heteroatoms. The summed E-state index contributed by atoms with van der Waals surface area (Å²) in [5.74, 6) is 0.699. The zero-order chi connectivity index (χ0) is 23.9. The Kier molecular flexibility index (Phi) is 7.32. The van der Waals surface area contributed by atoms with Crippen molar-refractivity contribution in [3.8, 4) is 0 Å². The third-order valence-corrected chi connectivity index (χ3v) is 5.63. The molecule has 0 fully saturated rings. The number of imidazole rings is 1. The maximum absolute atomic E-state index is 13.4. The number of fused-ring (bicyclic) bond motifs is 1. The lowest BCUT2D eigenvalue weighted by molar-refractivity contribution is -0.119. The molecule has 0 bridgehead atoms. The number of hydrogen-bond donors (Lipinski definition) is 1. The van der Waals surface area contributed by atoms with E-state index < -0.39 is 0 Å². The highest BCUT2D eigenvalue weighted by atomic mass is 16.2. The van der Waals surface area contributed by atoms with Gasteiger partial charge in [0.2, 0.25) is 5.91 Å². The number of carbonyl (C=O) groups excluding carboxylic acids is 2. The van der Waals surface area contributed by atoms with E-state index in [0.29, 0.717) is 24.9 Å². The van der Waals surface area contributed by atoms with Gasteiger partial charge in [-0.2, -0.15) is 0 Å². The van der Waals surface area contributed by atoms with Crippen molar-refractivity contribution >= 4 is 28.5 Å². The molecule has 0 aliphatic carbocycles. The van der Waals surface area contributed by atoms with Crippen LogP contribution < -0.4 is 10.2 Å². The summed E-state index contributed by atoms with van der Waals surface area (Å²) in [6.07, 6.45) is 4.53. The first-order valence-corrected chi connectivity index (χ1v) is 11.5. The molecular weight excluding hydrogens is 426 g/mol. The molecular formula is C27H29N5O2.